The number of hydrogen-bond donors (Lipinski definition) is 1. The number of fused-ring (bicyclic) bond motifs is 1. The van der Waals surface area contributed by atoms with E-state index >= 15 is 0 Å². The minimum absolute atomic E-state index is 0.162. The van der Waals surface area contributed by atoms with Crippen molar-refractivity contribution in [1.29, 1.82) is 0 Å². The summed E-state index contributed by atoms with van der Waals surface area (Å²) < 4.78 is 33.3. The molecular weight excluding hydrogens is 276 g/mol. The highest BCUT2D eigenvalue weighted by Gasteiger charge is 2.51. The molecule has 21 heavy (non-hydrogen) atoms. The van der Waals surface area contributed by atoms with Crippen molar-refractivity contribution < 1.29 is 18.4 Å². The molecule has 2 aliphatic heterocycles. The van der Waals surface area contributed by atoms with Crippen LogP contribution in [0.4, 0.5) is 8.78 Å². The van der Waals surface area contributed by atoms with E-state index in [9.17, 15) is 8.78 Å². The average Bonchev–Trinajstić information content (AvgIpc) is 3.15. The fraction of sp³-hybridized carbons (Fsp3) is 0.625. The number of nitrogens with one attached hydrogen (secondary N) is 1. The molecule has 3 nitrogen and oxygen atoms in total. The Balaban J connectivity index is 1.60. The van der Waals surface area contributed by atoms with Crippen molar-refractivity contribution in [2.75, 3.05) is 13.2 Å². The van der Waals surface area contributed by atoms with Gasteiger partial charge in [0.1, 0.15) is 11.6 Å². The second-order valence-electron chi connectivity index (χ2n) is 6.55. The molecular formula is C16H19F2NO2. The third-order valence-corrected chi connectivity index (χ3v) is 5.03. The molecule has 1 aromatic rings. The van der Waals surface area contributed by atoms with E-state index in [4.69, 9.17) is 9.57 Å². The first-order chi connectivity index (χ1) is 10.2. The first-order valence-electron chi connectivity index (χ1n) is 7.63. The van der Waals surface area contributed by atoms with Crippen molar-refractivity contribution in [3.8, 4) is 0 Å². The fourth-order valence-corrected chi connectivity index (χ4v) is 3.64. The van der Waals surface area contributed by atoms with Crippen molar-refractivity contribution in [3.05, 3.63) is 35.4 Å². The average molecular weight is 295 g/mol. The van der Waals surface area contributed by atoms with Crippen molar-refractivity contribution in [2.24, 2.45) is 11.8 Å². The lowest BCUT2D eigenvalue weighted by Gasteiger charge is -2.41. The van der Waals surface area contributed by atoms with Gasteiger partial charge < -0.3 is 9.57 Å². The molecule has 1 saturated carbocycles. The summed E-state index contributed by atoms with van der Waals surface area (Å²) in [5.74, 6) is -0.135. The van der Waals surface area contributed by atoms with Gasteiger partial charge in [-0.25, -0.2) is 8.78 Å². The first kappa shape index (κ1) is 13.6. The molecule has 3 fully saturated rings. The van der Waals surface area contributed by atoms with Crippen molar-refractivity contribution in [1.82, 2.24) is 5.48 Å². The summed E-state index contributed by atoms with van der Waals surface area (Å²) in [5.41, 5.74) is 2.71. The van der Waals surface area contributed by atoms with E-state index in [1.165, 1.54) is 25.0 Å². The zero-order valence-corrected chi connectivity index (χ0v) is 11.8. The van der Waals surface area contributed by atoms with Gasteiger partial charge in [0.15, 0.2) is 0 Å². The molecule has 3 aliphatic rings. The van der Waals surface area contributed by atoms with Crippen LogP contribution in [0.25, 0.3) is 0 Å². The highest BCUT2D eigenvalue weighted by molar-refractivity contribution is 5.29. The van der Waals surface area contributed by atoms with Crippen LogP contribution in [0.15, 0.2) is 18.2 Å². The summed E-state index contributed by atoms with van der Waals surface area (Å²) in [4.78, 5) is 5.41. The number of benzene rings is 1. The number of halogens is 2. The Kier molecular flexibility index (Phi) is 3.24. The Hall–Kier alpha value is -1.04. The van der Waals surface area contributed by atoms with Gasteiger partial charge in [0.2, 0.25) is 0 Å². The van der Waals surface area contributed by atoms with Crippen LogP contribution >= 0.6 is 0 Å². The minimum atomic E-state index is -0.683. The maximum atomic E-state index is 14.2. The van der Waals surface area contributed by atoms with E-state index in [0.29, 0.717) is 18.8 Å². The third kappa shape index (κ3) is 2.37. The zero-order chi connectivity index (χ0) is 14.4. The van der Waals surface area contributed by atoms with Crippen molar-refractivity contribution in [2.45, 2.75) is 37.3 Å². The van der Waals surface area contributed by atoms with Crippen LogP contribution in [0.1, 0.15) is 31.2 Å². The van der Waals surface area contributed by atoms with E-state index in [0.717, 1.165) is 24.8 Å². The second-order valence-corrected chi connectivity index (χ2v) is 6.55. The van der Waals surface area contributed by atoms with Crippen LogP contribution in [0, 0.1) is 23.5 Å². The van der Waals surface area contributed by atoms with E-state index in [-0.39, 0.29) is 12.0 Å². The van der Waals surface area contributed by atoms with Gasteiger partial charge in [0, 0.05) is 17.5 Å². The molecule has 2 saturated heterocycles. The number of ether oxygens (including phenoxy) is 1. The van der Waals surface area contributed by atoms with Crippen LogP contribution in [-0.2, 0) is 15.1 Å². The first-order valence-corrected chi connectivity index (χ1v) is 7.63. The maximum absolute atomic E-state index is 14.2. The Morgan fingerprint density at radius 1 is 1.29 bits per heavy atom. The lowest BCUT2D eigenvalue weighted by atomic mass is 9.75. The molecule has 3 atom stereocenters. The molecule has 4 rings (SSSR count). The monoisotopic (exact) mass is 295 g/mol. The van der Waals surface area contributed by atoms with Gasteiger partial charge in [-0.05, 0) is 24.8 Å². The standard InChI is InChI=1S/C16H19F2NO2/c17-12-3-4-14(15(18)7-12)16-9-20-13(5-10-1-2-10)6-11(16)8-21-19-16/h3-4,7,10-11,13,19H,1-2,5-6,8-9H2/t11-,13-,16-/m0/s1. The number of hydrogen-bond acceptors (Lipinski definition) is 3. The highest BCUT2D eigenvalue weighted by Crippen LogP contribution is 2.45. The van der Waals surface area contributed by atoms with Crippen molar-refractivity contribution in [3.63, 3.8) is 0 Å². The van der Waals surface area contributed by atoms with E-state index in [1.807, 2.05) is 0 Å². The van der Waals surface area contributed by atoms with Crippen LogP contribution in [0.5, 0.6) is 0 Å². The van der Waals surface area contributed by atoms with Crippen LogP contribution in [0.3, 0.4) is 0 Å². The summed E-state index contributed by atoms with van der Waals surface area (Å²) in [6.07, 6.45) is 4.80. The van der Waals surface area contributed by atoms with Crippen molar-refractivity contribution >= 4 is 0 Å². The van der Waals surface area contributed by atoms with Gasteiger partial charge in [-0.3, -0.25) is 0 Å². The van der Waals surface area contributed by atoms with Crippen LogP contribution in [-0.4, -0.2) is 19.3 Å². The molecule has 0 aromatic heterocycles. The molecule has 1 N–H and O–H groups in total. The normalized spacial score (nSPS) is 35.7. The van der Waals surface area contributed by atoms with Gasteiger partial charge in [-0.1, -0.05) is 18.9 Å². The number of rotatable bonds is 3. The molecule has 0 spiro atoms. The molecule has 0 radical (unpaired) electrons. The Morgan fingerprint density at radius 2 is 2.14 bits per heavy atom. The Morgan fingerprint density at radius 3 is 2.90 bits per heavy atom. The van der Waals surface area contributed by atoms with E-state index < -0.39 is 17.2 Å². The lowest BCUT2D eigenvalue weighted by Crippen LogP contribution is -2.52. The topological polar surface area (TPSA) is 30.5 Å². The largest absolute Gasteiger partial charge is 0.376 e. The number of hydroxylamine groups is 1. The van der Waals surface area contributed by atoms with Gasteiger partial charge in [0.25, 0.3) is 0 Å². The highest BCUT2D eigenvalue weighted by atomic mass is 19.1. The lowest BCUT2D eigenvalue weighted by molar-refractivity contribution is -0.0735. The van der Waals surface area contributed by atoms with Gasteiger partial charge in [-0.2, -0.15) is 5.48 Å². The smallest absolute Gasteiger partial charge is 0.131 e. The second kappa shape index (κ2) is 5.00. The molecule has 0 bridgehead atoms. The van der Waals surface area contributed by atoms with Crippen LogP contribution in [0.2, 0.25) is 0 Å². The summed E-state index contributed by atoms with van der Waals surface area (Å²) in [6.45, 7) is 0.916. The molecule has 114 valence electrons. The summed E-state index contributed by atoms with van der Waals surface area (Å²) in [6, 6.07) is 3.72. The molecule has 1 aromatic carbocycles. The maximum Gasteiger partial charge on any atom is 0.131 e. The predicted molar refractivity (Wildman–Crippen MR) is 72.3 cm³/mol. The molecule has 0 amide bonds. The van der Waals surface area contributed by atoms with Gasteiger partial charge in [-0.15, -0.1) is 0 Å². The molecule has 1 aliphatic carbocycles. The predicted octanol–water partition coefficient (Wildman–Crippen LogP) is 2.90. The van der Waals surface area contributed by atoms with E-state index in [1.54, 1.807) is 0 Å². The molecule has 0 unspecified atom stereocenters. The van der Waals surface area contributed by atoms with Gasteiger partial charge in [0.05, 0.1) is 24.9 Å². The Labute approximate surface area is 122 Å². The SMILES string of the molecule is Fc1ccc([C@]23CO[C@@H](CC4CC4)C[C@H]2CON3)c(F)c1. The molecule has 2 heterocycles. The van der Waals surface area contributed by atoms with Crippen LogP contribution < -0.4 is 5.48 Å². The summed E-state index contributed by atoms with van der Waals surface area (Å²) >= 11 is 0. The Bertz CT molecular complexity index is 549. The minimum Gasteiger partial charge on any atom is -0.376 e. The molecule has 5 heteroatoms. The van der Waals surface area contributed by atoms with Gasteiger partial charge >= 0.3 is 0 Å². The summed E-state index contributed by atoms with van der Waals surface area (Å²) in [7, 11) is 0. The zero-order valence-electron chi connectivity index (χ0n) is 11.8. The summed E-state index contributed by atoms with van der Waals surface area (Å²) in [5, 5.41) is 0. The quantitative estimate of drug-likeness (QED) is 0.930. The fourth-order valence-electron chi connectivity index (χ4n) is 3.64. The third-order valence-electron chi connectivity index (χ3n) is 5.03. The van der Waals surface area contributed by atoms with E-state index in [2.05, 4.69) is 5.48 Å².